The van der Waals surface area contributed by atoms with Gasteiger partial charge in [0.05, 0.1) is 5.54 Å². The van der Waals surface area contributed by atoms with Crippen molar-refractivity contribution in [2.75, 3.05) is 0 Å². The van der Waals surface area contributed by atoms with Crippen molar-refractivity contribution >= 4 is 0 Å². The van der Waals surface area contributed by atoms with Crippen LogP contribution in [-0.4, -0.2) is 11.5 Å². The Kier molecular flexibility index (Phi) is 1.54. The topological polar surface area (TPSA) is 26.0 Å². The van der Waals surface area contributed by atoms with Crippen LogP contribution in [0.2, 0.25) is 0 Å². The van der Waals surface area contributed by atoms with Crippen molar-refractivity contribution in [3.63, 3.8) is 0 Å². The van der Waals surface area contributed by atoms with Gasteiger partial charge in [0.2, 0.25) is 0 Å². The zero-order valence-electron chi connectivity index (χ0n) is 7.32. The van der Waals surface area contributed by atoms with Gasteiger partial charge >= 0.3 is 0 Å². The first-order valence-electron chi connectivity index (χ1n) is 4.63. The van der Waals surface area contributed by atoms with Gasteiger partial charge in [0.25, 0.3) is 5.92 Å². The van der Waals surface area contributed by atoms with Gasteiger partial charge in [-0.25, -0.2) is 8.78 Å². The minimum atomic E-state index is -2.70. The number of halogens is 2. The zero-order chi connectivity index (χ0) is 8.98. The van der Waals surface area contributed by atoms with Crippen LogP contribution >= 0.6 is 0 Å². The van der Waals surface area contributed by atoms with Gasteiger partial charge in [0, 0.05) is 6.92 Å². The van der Waals surface area contributed by atoms with Crippen molar-refractivity contribution in [2.24, 2.45) is 17.6 Å². The smallest absolute Gasteiger partial charge is 0.263 e. The number of nitrogens with two attached hydrogens (primary N) is 1. The molecule has 0 radical (unpaired) electrons. The lowest BCUT2D eigenvalue weighted by Gasteiger charge is -2.35. The van der Waals surface area contributed by atoms with E-state index in [-0.39, 0.29) is 11.8 Å². The Balaban J connectivity index is 2.20. The van der Waals surface area contributed by atoms with Crippen molar-refractivity contribution in [3.05, 3.63) is 0 Å². The molecule has 70 valence electrons. The summed E-state index contributed by atoms with van der Waals surface area (Å²) in [5.74, 6) is -2.52. The quantitative estimate of drug-likeness (QED) is 0.698. The van der Waals surface area contributed by atoms with Crippen LogP contribution in [0.1, 0.15) is 32.6 Å². The van der Waals surface area contributed by atoms with Crippen molar-refractivity contribution in [1.82, 2.24) is 0 Å². The van der Waals surface area contributed by atoms with E-state index in [1.54, 1.807) is 0 Å². The maximum Gasteiger partial charge on any atom is 0.263 e. The van der Waals surface area contributed by atoms with E-state index >= 15 is 0 Å². The fraction of sp³-hybridized carbons (Fsp3) is 1.00. The Morgan fingerprint density at radius 3 is 1.58 bits per heavy atom. The van der Waals surface area contributed by atoms with Gasteiger partial charge in [0.15, 0.2) is 0 Å². The van der Waals surface area contributed by atoms with E-state index in [2.05, 4.69) is 0 Å². The summed E-state index contributed by atoms with van der Waals surface area (Å²) < 4.78 is 26.5. The molecule has 2 saturated carbocycles. The van der Waals surface area contributed by atoms with Gasteiger partial charge in [-0.2, -0.15) is 0 Å². The van der Waals surface area contributed by atoms with Crippen molar-refractivity contribution in [2.45, 2.75) is 44.1 Å². The van der Waals surface area contributed by atoms with Crippen LogP contribution in [0.15, 0.2) is 0 Å². The predicted molar refractivity (Wildman–Crippen MR) is 43.0 cm³/mol. The molecule has 0 aromatic heterocycles. The van der Waals surface area contributed by atoms with E-state index in [1.807, 2.05) is 0 Å². The second-order valence-corrected chi connectivity index (χ2v) is 4.37. The number of hydrogen-bond donors (Lipinski definition) is 1. The molecule has 0 spiro atoms. The maximum absolute atomic E-state index is 13.2. The van der Waals surface area contributed by atoms with E-state index in [9.17, 15) is 8.78 Å². The van der Waals surface area contributed by atoms with E-state index in [1.165, 1.54) is 0 Å². The van der Waals surface area contributed by atoms with Crippen LogP contribution < -0.4 is 5.73 Å². The molecule has 2 N–H and O–H groups in total. The van der Waals surface area contributed by atoms with E-state index in [4.69, 9.17) is 5.73 Å². The summed E-state index contributed by atoms with van der Waals surface area (Å²) in [6.07, 6.45) is 3.60. The number of alkyl halides is 2. The van der Waals surface area contributed by atoms with Crippen LogP contribution in [0.3, 0.4) is 0 Å². The lowest BCUT2D eigenvalue weighted by atomic mass is 9.83. The highest BCUT2D eigenvalue weighted by molar-refractivity contribution is 5.13. The van der Waals surface area contributed by atoms with Gasteiger partial charge in [-0.3, -0.25) is 0 Å². The molecule has 1 nitrogen and oxygen atoms in total. The van der Waals surface area contributed by atoms with Crippen LogP contribution in [-0.2, 0) is 0 Å². The van der Waals surface area contributed by atoms with Gasteiger partial charge < -0.3 is 5.73 Å². The molecule has 3 heteroatoms. The Bertz CT molecular complexity index is 177. The standard InChI is InChI=1S/C9H15F2N/c1-8(10,11)9(12,6-2-3-6)7-4-5-7/h6-7H,2-5,12H2,1H3. The Hall–Kier alpha value is -0.180. The second-order valence-electron chi connectivity index (χ2n) is 4.37. The van der Waals surface area contributed by atoms with Crippen LogP contribution in [0, 0.1) is 11.8 Å². The van der Waals surface area contributed by atoms with Gasteiger partial charge in [0.1, 0.15) is 0 Å². The Labute approximate surface area is 71.3 Å². The van der Waals surface area contributed by atoms with Crippen molar-refractivity contribution < 1.29 is 8.78 Å². The third-order valence-corrected chi connectivity index (χ3v) is 3.27. The molecule has 0 aromatic rings. The van der Waals surface area contributed by atoms with E-state index in [0.717, 1.165) is 32.6 Å². The normalized spacial score (nSPS) is 26.0. The summed E-state index contributed by atoms with van der Waals surface area (Å²) in [6.45, 7) is 0.976. The maximum atomic E-state index is 13.2. The third kappa shape index (κ3) is 1.06. The lowest BCUT2D eigenvalue weighted by molar-refractivity contribution is -0.0769. The molecule has 2 aliphatic rings. The number of hydrogen-bond acceptors (Lipinski definition) is 1. The molecule has 12 heavy (non-hydrogen) atoms. The molecule has 0 unspecified atom stereocenters. The molecule has 0 heterocycles. The SMILES string of the molecule is CC(F)(F)C(N)(C1CC1)C1CC1. The lowest BCUT2D eigenvalue weighted by Crippen LogP contribution is -2.58. The average molecular weight is 175 g/mol. The van der Waals surface area contributed by atoms with E-state index < -0.39 is 11.5 Å². The first-order chi connectivity index (χ1) is 5.46. The fourth-order valence-electron chi connectivity index (χ4n) is 2.17. The Morgan fingerprint density at radius 2 is 1.42 bits per heavy atom. The summed E-state index contributed by atoms with van der Waals surface area (Å²) in [5, 5.41) is 0. The highest BCUT2D eigenvalue weighted by Crippen LogP contribution is 2.56. The minimum absolute atomic E-state index is 0.0880. The number of rotatable bonds is 3. The molecular weight excluding hydrogens is 160 g/mol. The largest absolute Gasteiger partial charge is 0.320 e. The third-order valence-electron chi connectivity index (χ3n) is 3.27. The molecule has 0 bridgehead atoms. The molecule has 0 aromatic carbocycles. The van der Waals surface area contributed by atoms with Crippen LogP contribution in [0.5, 0.6) is 0 Å². The molecule has 0 amide bonds. The summed E-state index contributed by atoms with van der Waals surface area (Å²) in [4.78, 5) is 0. The van der Waals surface area contributed by atoms with E-state index in [0.29, 0.717) is 0 Å². The molecule has 0 saturated heterocycles. The molecule has 0 aliphatic heterocycles. The molecule has 2 rings (SSSR count). The van der Waals surface area contributed by atoms with Crippen molar-refractivity contribution in [1.29, 1.82) is 0 Å². The highest BCUT2D eigenvalue weighted by atomic mass is 19.3. The van der Waals surface area contributed by atoms with Gasteiger partial charge in [-0.15, -0.1) is 0 Å². The Morgan fingerprint density at radius 1 is 1.08 bits per heavy atom. The van der Waals surface area contributed by atoms with Crippen molar-refractivity contribution in [3.8, 4) is 0 Å². The van der Waals surface area contributed by atoms with Gasteiger partial charge in [-0.05, 0) is 37.5 Å². The predicted octanol–water partition coefficient (Wildman–Crippen LogP) is 2.16. The summed E-state index contributed by atoms with van der Waals surface area (Å²) in [7, 11) is 0. The molecular formula is C9H15F2N. The first kappa shape index (κ1) is 8.42. The zero-order valence-corrected chi connectivity index (χ0v) is 7.32. The summed E-state index contributed by atoms with van der Waals surface area (Å²) in [6, 6.07) is 0. The highest BCUT2D eigenvalue weighted by Gasteiger charge is 2.62. The minimum Gasteiger partial charge on any atom is -0.320 e. The fourth-order valence-corrected chi connectivity index (χ4v) is 2.17. The molecule has 2 fully saturated rings. The summed E-state index contributed by atoms with van der Waals surface area (Å²) >= 11 is 0. The summed E-state index contributed by atoms with van der Waals surface area (Å²) in [5.41, 5.74) is 4.66. The molecule has 2 aliphatic carbocycles. The second kappa shape index (κ2) is 2.19. The average Bonchev–Trinajstić information content (AvgIpc) is 2.79. The first-order valence-corrected chi connectivity index (χ1v) is 4.63. The van der Waals surface area contributed by atoms with Gasteiger partial charge in [-0.1, -0.05) is 0 Å². The molecule has 0 atom stereocenters. The monoisotopic (exact) mass is 175 g/mol. The van der Waals surface area contributed by atoms with Crippen LogP contribution in [0.25, 0.3) is 0 Å². The van der Waals surface area contributed by atoms with Crippen LogP contribution in [0.4, 0.5) is 8.78 Å².